The first-order chi connectivity index (χ1) is 8.31. The predicted octanol–water partition coefficient (Wildman–Crippen LogP) is 1.03. The molecule has 2 N–H and O–H groups in total. The van der Waals surface area contributed by atoms with Crippen LogP contribution >= 0.6 is 0 Å². The van der Waals surface area contributed by atoms with Gasteiger partial charge in [0.25, 0.3) is 5.91 Å². The summed E-state index contributed by atoms with van der Waals surface area (Å²) in [7, 11) is 1.78. The fraction of sp³-hybridized carbons (Fsp3) is 0.500. The number of amides is 1. The Morgan fingerprint density at radius 2 is 2.47 bits per heavy atom. The molecule has 1 fully saturated rings. The molecule has 1 aliphatic heterocycles. The smallest absolute Gasteiger partial charge is 0.253 e. The zero-order chi connectivity index (χ0) is 12.1. The molecule has 0 bridgehead atoms. The third-order valence-corrected chi connectivity index (χ3v) is 2.83. The number of hydrogen-bond acceptors (Lipinski definition) is 4. The summed E-state index contributed by atoms with van der Waals surface area (Å²) in [6.07, 6.45) is 5.24. The molecule has 2 rings (SSSR count). The van der Waals surface area contributed by atoms with Gasteiger partial charge in [0.2, 0.25) is 0 Å². The Labute approximate surface area is 101 Å². The lowest BCUT2D eigenvalue weighted by Crippen LogP contribution is -2.40. The third-order valence-electron chi connectivity index (χ3n) is 2.83. The molecule has 1 aromatic rings. The molecule has 0 aromatic carbocycles. The molecular weight excluding hydrogens is 218 g/mol. The molecule has 0 saturated carbocycles. The number of pyridine rings is 1. The average Bonchev–Trinajstić information content (AvgIpc) is 2.40. The molecule has 5 heteroatoms. The van der Waals surface area contributed by atoms with Gasteiger partial charge in [0.05, 0.1) is 30.1 Å². The number of carbonyl (C=O) groups is 1. The number of ether oxygens (including phenoxy) is 1. The molecule has 1 atom stereocenters. The average molecular weight is 235 g/mol. The number of rotatable bonds is 3. The third kappa shape index (κ3) is 2.94. The SMILES string of the molecule is CNc1cnccc1C(=O)NC1CCCOC1. The van der Waals surface area contributed by atoms with Crippen LogP contribution in [-0.2, 0) is 4.74 Å². The van der Waals surface area contributed by atoms with Gasteiger partial charge < -0.3 is 15.4 Å². The number of aromatic nitrogens is 1. The van der Waals surface area contributed by atoms with Crippen LogP contribution in [0.2, 0.25) is 0 Å². The van der Waals surface area contributed by atoms with Crippen molar-refractivity contribution in [1.29, 1.82) is 0 Å². The van der Waals surface area contributed by atoms with Gasteiger partial charge in [0.15, 0.2) is 0 Å². The van der Waals surface area contributed by atoms with Crippen molar-refractivity contribution in [2.24, 2.45) is 0 Å². The molecule has 1 amide bonds. The topological polar surface area (TPSA) is 63.2 Å². The predicted molar refractivity (Wildman–Crippen MR) is 65.1 cm³/mol. The van der Waals surface area contributed by atoms with Crippen molar-refractivity contribution >= 4 is 11.6 Å². The minimum Gasteiger partial charge on any atom is -0.386 e. The lowest BCUT2D eigenvalue weighted by Gasteiger charge is -2.23. The van der Waals surface area contributed by atoms with Crippen molar-refractivity contribution in [2.75, 3.05) is 25.6 Å². The highest BCUT2D eigenvalue weighted by Crippen LogP contribution is 2.13. The van der Waals surface area contributed by atoms with E-state index in [1.54, 1.807) is 25.5 Å². The minimum atomic E-state index is -0.0766. The van der Waals surface area contributed by atoms with E-state index in [9.17, 15) is 4.79 Å². The van der Waals surface area contributed by atoms with Crippen LogP contribution in [0, 0.1) is 0 Å². The van der Waals surface area contributed by atoms with Crippen molar-refractivity contribution in [3.05, 3.63) is 24.0 Å². The summed E-state index contributed by atoms with van der Waals surface area (Å²) in [5.41, 5.74) is 1.36. The first kappa shape index (κ1) is 11.9. The summed E-state index contributed by atoms with van der Waals surface area (Å²) in [6, 6.07) is 1.83. The van der Waals surface area contributed by atoms with Crippen LogP contribution in [-0.4, -0.2) is 37.2 Å². The van der Waals surface area contributed by atoms with Gasteiger partial charge in [-0.2, -0.15) is 0 Å². The second-order valence-electron chi connectivity index (χ2n) is 4.06. The van der Waals surface area contributed by atoms with E-state index in [1.807, 2.05) is 0 Å². The van der Waals surface area contributed by atoms with Crippen LogP contribution in [0.1, 0.15) is 23.2 Å². The molecule has 1 aromatic heterocycles. The van der Waals surface area contributed by atoms with Crippen LogP contribution < -0.4 is 10.6 Å². The molecule has 1 unspecified atom stereocenters. The molecule has 17 heavy (non-hydrogen) atoms. The summed E-state index contributed by atoms with van der Waals surface area (Å²) < 4.78 is 5.33. The van der Waals surface area contributed by atoms with Crippen LogP contribution in [0.5, 0.6) is 0 Å². The lowest BCUT2D eigenvalue weighted by atomic mass is 10.1. The van der Waals surface area contributed by atoms with Gasteiger partial charge in [-0.15, -0.1) is 0 Å². The Morgan fingerprint density at radius 3 is 3.18 bits per heavy atom. The molecule has 1 saturated heterocycles. The first-order valence-corrected chi connectivity index (χ1v) is 5.81. The van der Waals surface area contributed by atoms with Crippen molar-refractivity contribution < 1.29 is 9.53 Å². The highest BCUT2D eigenvalue weighted by molar-refractivity contribution is 5.99. The van der Waals surface area contributed by atoms with E-state index in [0.717, 1.165) is 25.1 Å². The zero-order valence-corrected chi connectivity index (χ0v) is 9.90. The van der Waals surface area contributed by atoms with E-state index in [1.165, 1.54) is 0 Å². The van der Waals surface area contributed by atoms with Crippen LogP contribution in [0.15, 0.2) is 18.5 Å². The molecule has 2 heterocycles. The number of anilines is 1. The van der Waals surface area contributed by atoms with Crippen molar-refractivity contribution in [3.63, 3.8) is 0 Å². The largest absolute Gasteiger partial charge is 0.386 e. The van der Waals surface area contributed by atoms with Crippen molar-refractivity contribution in [1.82, 2.24) is 10.3 Å². The number of hydrogen-bond donors (Lipinski definition) is 2. The van der Waals surface area contributed by atoms with E-state index >= 15 is 0 Å². The van der Waals surface area contributed by atoms with E-state index in [2.05, 4.69) is 15.6 Å². The van der Waals surface area contributed by atoms with E-state index in [0.29, 0.717) is 12.2 Å². The maximum atomic E-state index is 12.1. The maximum Gasteiger partial charge on any atom is 0.253 e. The van der Waals surface area contributed by atoms with Crippen LogP contribution in [0.3, 0.4) is 0 Å². The zero-order valence-electron chi connectivity index (χ0n) is 9.90. The van der Waals surface area contributed by atoms with Gasteiger partial charge in [-0.1, -0.05) is 0 Å². The fourth-order valence-electron chi connectivity index (χ4n) is 1.91. The standard InChI is InChI=1S/C12H17N3O2/c1-13-11-7-14-5-4-10(11)12(16)15-9-3-2-6-17-8-9/h4-5,7,9,13H,2-3,6,8H2,1H3,(H,15,16). The molecule has 92 valence electrons. The van der Waals surface area contributed by atoms with Gasteiger partial charge in [-0.25, -0.2) is 0 Å². The monoisotopic (exact) mass is 235 g/mol. The summed E-state index contributed by atoms with van der Waals surface area (Å²) in [4.78, 5) is 16.0. The number of nitrogens with zero attached hydrogens (tertiary/aromatic N) is 1. The maximum absolute atomic E-state index is 12.1. The van der Waals surface area contributed by atoms with Gasteiger partial charge in [0, 0.05) is 19.9 Å². The molecule has 0 radical (unpaired) electrons. The van der Waals surface area contributed by atoms with E-state index in [4.69, 9.17) is 4.74 Å². The Kier molecular flexibility index (Phi) is 3.93. The number of nitrogens with one attached hydrogen (secondary N) is 2. The van der Waals surface area contributed by atoms with Gasteiger partial charge in [0.1, 0.15) is 0 Å². The Bertz CT molecular complexity index is 389. The van der Waals surface area contributed by atoms with Crippen molar-refractivity contribution in [3.8, 4) is 0 Å². The fourth-order valence-corrected chi connectivity index (χ4v) is 1.91. The van der Waals surface area contributed by atoms with E-state index in [-0.39, 0.29) is 11.9 Å². The first-order valence-electron chi connectivity index (χ1n) is 5.81. The molecule has 0 aliphatic carbocycles. The highest BCUT2D eigenvalue weighted by Gasteiger charge is 2.18. The van der Waals surface area contributed by atoms with E-state index < -0.39 is 0 Å². The molecule has 0 spiro atoms. The van der Waals surface area contributed by atoms with Gasteiger partial charge in [-0.05, 0) is 18.9 Å². The normalized spacial score (nSPS) is 19.7. The summed E-state index contributed by atoms with van der Waals surface area (Å²) >= 11 is 0. The molecule has 1 aliphatic rings. The Morgan fingerprint density at radius 1 is 1.59 bits per heavy atom. The molecule has 5 nitrogen and oxygen atoms in total. The quantitative estimate of drug-likeness (QED) is 0.821. The van der Waals surface area contributed by atoms with Crippen LogP contribution in [0.4, 0.5) is 5.69 Å². The van der Waals surface area contributed by atoms with Crippen molar-refractivity contribution in [2.45, 2.75) is 18.9 Å². The summed E-state index contributed by atoms with van der Waals surface area (Å²) in [5.74, 6) is -0.0766. The summed E-state index contributed by atoms with van der Waals surface area (Å²) in [5, 5.41) is 5.94. The Hall–Kier alpha value is -1.62. The molecular formula is C12H17N3O2. The Balaban J connectivity index is 2.03. The second-order valence-corrected chi connectivity index (χ2v) is 4.06. The minimum absolute atomic E-state index is 0.0766. The second kappa shape index (κ2) is 5.63. The number of carbonyl (C=O) groups excluding carboxylic acids is 1. The van der Waals surface area contributed by atoms with Crippen LogP contribution in [0.25, 0.3) is 0 Å². The van der Waals surface area contributed by atoms with Gasteiger partial charge >= 0.3 is 0 Å². The van der Waals surface area contributed by atoms with Gasteiger partial charge in [-0.3, -0.25) is 9.78 Å². The highest BCUT2D eigenvalue weighted by atomic mass is 16.5. The lowest BCUT2D eigenvalue weighted by molar-refractivity contribution is 0.0624. The summed E-state index contributed by atoms with van der Waals surface area (Å²) in [6.45, 7) is 1.40.